The lowest BCUT2D eigenvalue weighted by atomic mass is 10.0. The molecule has 1 aromatic carbocycles. The quantitative estimate of drug-likeness (QED) is 0.544. The Hall–Kier alpha value is -3.08. The Kier molecular flexibility index (Phi) is 5.07. The van der Waals surface area contributed by atoms with Crippen molar-refractivity contribution >= 4 is 17.2 Å². The molecule has 5 nitrogen and oxygen atoms in total. The van der Waals surface area contributed by atoms with Gasteiger partial charge < -0.3 is 14.5 Å². The molecule has 0 aliphatic carbocycles. The van der Waals surface area contributed by atoms with Crippen molar-refractivity contribution in [1.82, 2.24) is 9.72 Å². The Labute approximate surface area is 152 Å². The zero-order valence-electron chi connectivity index (χ0n) is 15.2. The topological polar surface area (TPSA) is 59.8 Å². The van der Waals surface area contributed by atoms with E-state index in [1.54, 1.807) is 17.7 Å². The maximum Gasteiger partial charge on any atom is 0.294 e. The highest BCUT2D eigenvalue weighted by Crippen LogP contribution is 2.29. The molecule has 2 aromatic heterocycles. The van der Waals surface area contributed by atoms with Gasteiger partial charge in [0.15, 0.2) is 0 Å². The molecule has 0 unspecified atom stereocenters. The van der Waals surface area contributed by atoms with E-state index in [0.717, 1.165) is 28.8 Å². The SMILES string of the molecule is CC[C@@H](C)NC(=O)C(=O)c1c(-c2ccc(OC)cc2)cc2ccccn12. The van der Waals surface area contributed by atoms with Gasteiger partial charge in [-0.2, -0.15) is 0 Å². The number of hydrogen-bond donors (Lipinski definition) is 1. The number of Topliss-reactive ketones (excluding diaryl/α,β-unsaturated/α-hetero) is 1. The third kappa shape index (κ3) is 3.33. The zero-order valence-corrected chi connectivity index (χ0v) is 15.2. The van der Waals surface area contributed by atoms with E-state index in [0.29, 0.717) is 5.69 Å². The van der Waals surface area contributed by atoms with Gasteiger partial charge in [0.05, 0.1) is 7.11 Å². The maximum atomic E-state index is 12.9. The van der Waals surface area contributed by atoms with E-state index < -0.39 is 11.7 Å². The molecule has 0 radical (unpaired) electrons. The van der Waals surface area contributed by atoms with Crippen molar-refractivity contribution in [2.45, 2.75) is 26.3 Å². The van der Waals surface area contributed by atoms with Gasteiger partial charge in [-0.15, -0.1) is 0 Å². The van der Waals surface area contributed by atoms with Crippen molar-refractivity contribution < 1.29 is 14.3 Å². The molecular formula is C21H22N2O3. The van der Waals surface area contributed by atoms with Crippen LogP contribution >= 0.6 is 0 Å². The molecule has 0 aliphatic rings. The van der Waals surface area contributed by atoms with Crippen LogP contribution in [0.3, 0.4) is 0 Å². The number of rotatable bonds is 6. The maximum absolute atomic E-state index is 12.9. The highest BCUT2D eigenvalue weighted by Gasteiger charge is 2.25. The Balaban J connectivity index is 2.10. The monoisotopic (exact) mass is 350 g/mol. The molecule has 0 fully saturated rings. The average Bonchev–Trinajstić information content (AvgIpc) is 3.06. The largest absolute Gasteiger partial charge is 0.497 e. The fourth-order valence-corrected chi connectivity index (χ4v) is 2.84. The number of amides is 1. The minimum absolute atomic E-state index is 0.0536. The number of fused-ring (bicyclic) bond motifs is 1. The van der Waals surface area contributed by atoms with Crippen molar-refractivity contribution in [2.75, 3.05) is 7.11 Å². The summed E-state index contributed by atoms with van der Waals surface area (Å²) >= 11 is 0. The third-order valence-electron chi connectivity index (χ3n) is 4.49. The molecule has 5 heteroatoms. The van der Waals surface area contributed by atoms with Gasteiger partial charge in [0.25, 0.3) is 11.7 Å². The van der Waals surface area contributed by atoms with Crippen LogP contribution in [0, 0.1) is 0 Å². The van der Waals surface area contributed by atoms with Gasteiger partial charge in [0.2, 0.25) is 0 Å². The summed E-state index contributed by atoms with van der Waals surface area (Å²) in [6.07, 6.45) is 2.56. The minimum atomic E-state index is -0.585. The van der Waals surface area contributed by atoms with Crippen molar-refractivity contribution in [3.63, 3.8) is 0 Å². The number of aromatic nitrogens is 1. The summed E-state index contributed by atoms with van der Waals surface area (Å²) in [5.74, 6) is -0.389. The lowest BCUT2D eigenvalue weighted by Gasteiger charge is -2.12. The molecular weight excluding hydrogens is 328 g/mol. The fourth-order valence-electron chi connectivity index (χ4n) is 2.84. The van der Waals surface area contributed by atoms with E-state index in [2.05, 4.69) is 5.32 Å². The van der Waals surface area contributed by atoms with Crippen LogP contribution in [0.25, 0.3) is 16.6 Å². The van der Waals surface area contributed by atoms with E-state index in [4.69, 9.17) is 4.74 Å². The smallest absolute Gasteiger partial charge is 0.294 e. The number of carbonyl (C=O) groups is 2. The zero-order chi connectivity index (χ0) is 18.7. The third-order valence-corrected chi connectivity index (χ3v) is 4.49. The summed E-state index contributed by atoms with van der Waals surface area (Å²) in [6, 6.07) is 15.0. The molecule has 3 aromatic rings. The Morgan fingerprint density at radius 3 is 2.54 bits per heavy atom. The van der Waals surface area contributed by atoms with E-state index in [1.807, 2.05) is 62.4 Å². The van der Waals surface area contributed by atoms with Crippen LogP contribution in [0.5, 0.6) is 5.75 Å². The lowest BCUT2D eigenvalue weighted by Crippen LogP contribution is -2.37. The average molecular weight is 350 g/mol. The van der Waals surface area contributed by atoms with E-state index in [9.17, 15) is 9.59 Å². The van der Waals surface area contributed by atoms with Crippen molar-refractivity contribution in [1.29, 1.82) is 0 Å². The molecule has 1 amide bonds. The summed E-state index contributed by atoms with van der Waals surface area (Å²) in [7, 11) is 1.61. The first-order chi connectivity index (χ1) is 12.5. The van der Waals surface area contributed by atoms with Crippen molar-refractivity contribution in [3.05, 3.63) is 60.4 Å². The second kappa shape index (κ2) is 7.44. The molecule has 0 spiro atoms. The summed E-state index contributed by atoms with van der Waals surface area (Å²) in [5.41, 5.74) is 2.81. The van der Waals surface area contributed by atoms with Gasteiger partial charge in [0.1, 0.15) is 11.4 Å². The van der Waals surface area contributed by atoms with Gasteiger partial charge >= 0.3 is 0 Å². The molecule has 3 rings (SSSR count). The minimum Gasteiger partial charge on any atom is -0.497 e. The van der Waals surface area contributed by atoms with Gasteiger partial charge in [-0.25, -0.2) is 0 Å². The van der Waals surface area contributed by atoms with Gasteiger partial charge in [0, 0.05) is 23.3 Å². The van der Waals surface area contributed by atoms with Crippen LogP contribution in [0.15, 0.2) is 54.7 Å². The second-order valence-corrected chi connectivity index (χ2v) is 6.24. The number of hydrogen-bond acceptors (Lipinski definition) is 3. The van der Waals surface area contributed by atoms with Crippen LogP contribution in [-0.4, -0.2) is 29.2 Å². The molecule has 2 heterocycles. The fraction of sp³-hybridized carbons (Fsp3) is 0.238. The number of nitrogens with one attached hydrogen (secondary N) is 1. The highest BCUT2D eigenvalue weighted by atomic mass is 16.5. The summed E-state index contributed by atoms with van der Waals surface area (Å²) in [4.78, 5) is 25.4. The Bertz CT molecular complexity index is 942. The lowest BCUT2D eigenvalue weighted by molar-refractivity contribution is -0.117. The van der Waals surface area contributed by atoms with E-state index in [1.165, 1.54) is 0 Å². The summed E-state index contributed by atoms with van der Waals surface area (Å²) < 4.78 is 6.96. The molecule has 26 heavy (non-hydrogen) atoms. The first kappa shape index (κ1) is 17.7. The number of methoxy groups -OCH3 is 1. The van der Waals surface area contributed by atoms with Gasteiger partial charge in [-0.05, 0) is 49.2 Å². The molecule has 1 atom stereocenters. The molecule has 0 aliphatic heterocycles. The number of pyridine rings is 1. The second-order valence-electron chi connectivity index (χ2n) is 6.24. The summed E-state index contributed by atoms with van der Waals surface area (Å²) in [6.45, 7) is 3.84. The highest BCUT2D eigenvalue weighted by molar-refractivity contribution is 6.43. The van der Waals surface area contributed by atoms with Crippen LogP contribution in [0.2, 0.25) is 0 Å². The number of ketones is 1. The Morgan fingerprint density at radius 2 is 1.88 bits per heavy atom. The van der Waals surface area contributed by atoms with E-state index in [-0.39, 0.29) is 6.04 Å². The molecule has 134 valence electrons. The molecule has 0 bridgehead atoms. The predicted octanol–water partition coefficient (Wildman–Crippen LogP) is 3.71. The summed E-state index contributed by atoms with van der Waals surface area (Å²) in [5, 5.41) is 2.76. The number of carbonyl (C=O) groups excluding carboxylic acids is 2. The molecule has 1 N–H and O–H groups in total. The van der Waals surface area contributed by atoms with Gasteiger partial charge in [-0.1, -0.05) is 25.1 Å². The first-order valence-electron chi connectivity index (χ1n) is 8.64. The normalized spacial score (nSPS) is 12.0. The predicted molar refractivity (Wildman–Crippen MR) is 102 cm³/mol. The number of benzene rings is 1. The van der Waals surface area contributed by atoms with Crippen LogP contribution in [0.1, 0.15) is 30.8 Å². The number of ether oxygens (including phenoxy) is 1. The van der Waals surface area contributed by atoms with E-state index >= 15 is 0 Å². The molecule has 0 saturated heterocycles. The van der Waals surface area contributed by atoms with Crippen molar-refractivity contribution in [3.8, 4) is 16.9 Å². The first-order valence-corrected chi connectivity index (χ1v) is 8.64. The van der Waals surface area contributed by atoms with Crippen LogP contribution in [0.4, 0.5) is 0 Å². The van der Waals surface area contributed by atoms with Crippen LogP contribution < -0.4 is 10.1 Å². The Morgan fingerprint density at radius 1 is 1.15 bits per heavy atom. The van der Waals surface area contributed by atoms with Crippen LogP contribution in [-0.2, 0) is 4.79 Å². The van der Waals surface area contributed by atoms with Crippen molar-refractivity contribution in [2.24, 2.45) is 0 Å². The van der Waals surface area contributed by atoms with Gasteiger partial charge in [-0.3, -0.25) is 9.59 Å². The number of nitrogens with zero attached hydrogens (tertiary/aromatic N) is 1. The standard InChI is InChI=1S/C21H22N2O3/c1-4-14(2)22-21(25)20(24)19-18(13-16-7-5-6-12-23(16)19)15-8-10-17(26-3)11-9-15/h5-14H,4H2,1-3H3,(H,22,25)/t14-/m1/s1. The molecule has 0 saturated carbocycles.